The molecule has 0 saturated carbocycles. The summed E-state index contributed by atoms with van der Waals surface area (Å²) in [5, 5.41) is 4.68. The second-order valence-electron chi connectivity index (χ2n) is 13.4. The van der Waals surface area contributed by atoms with Crippen molar-refractivity contribution < 1.29 is 40.3 Å². The number of nitrogens with zero attached hydrogens (tertiary/aromatic N) is 4. The van der Waals surface area contributed by atoms with Crippen LogP contribution in [0.2, 0.25) is 0 Å². The van der Waals surface area contributed by atoms with Crippen LogP contribution in [0.25, 0.3) is 16.6 Å². The van der Waals surface area contributed by atoms with Crippen LogP contribution < -0.4 is 15.2 Å². The smallest absolute Gasteiger partial charge is 0.268 e. The highest BCUT2D eigenvalue weighted by molar-refractivity contribution is 7.93. The van der Waals surface area contributed by atoms with Crippen molar-refractivity contribution in [3.05, 3.63) is 125 Å². The predicted octanol–water partition coefficient (Wildman–Crippen LogP) is 5.33. The lowest BCUT2D eigenvalue weighted by Crippen LogP contribution is -2.44. The molecule has 0 unspecified atom stereocenters. The highest BCUT2D eigenvalue weighted by Gasteiger charge is 2.31. The Morgan fingerprint density at radius 1 is 0.911 bits per heavy atom. The van der Waals surface area contributed by atoms with Crippen LogP contribution in [0.4, 0.5) is 15.9 Å². The van der Waals surface area contributed by atoms with Crippen LogP contribution in [0.1, 0.15) is 32.7 Å². The Morgan fingerprint density at radius 3 is 2.32 bits per heavy atom. The number of aromatic nitrogens is 3. The van der Waals surface area contributed by atoms with E-state index in [1.54, 1.807) is 69.3 Å². The number of rotatable bonds is 11. The Bertz CT molecular complexity index is 2740. The van der Waals surface area contributed by atoms with Crippen LogP contribution in [0, 0.1) is 26.6 Å². The molecular weight excluding hydrogens is 764 g/mol. The van der Waals surface area contributed by atoms with Gasteiger partial charge in [-0.3, -0.25) is 14.3 Å². The summed E-state index contributed by atoms with van der Waals surface area (Å²) in [7, 11) is -8.74. The van der Waals surface area contributed by atoms with Crippen molar-refractivity contribution in [3.8, 4) is 17.2 Å². The zero-order valence-electron chi connectivity index (χ0n) is 30.5. The molecule has 0 radical (unpaired) electrons. The van der Waals surface area contributed by atoms with E-state index in [0.29, 0.717) is 41.2 Å². The molecule has 0 bridgehead atoms. The molecule has 1 fully saturated rings. The summed E-state index contributed by atoms with van der Waals surface area (Å²) in [6, 6.07) is 21.2. The average molecular weight is 801 g/mol. The van der Waals surface area contributed by atoms with Crippen molar-refractivity contribution in [3.63, 3.8) is 0 Å². The van der Waals surface area contributed by atoms with Crippen molar-refractivity contribution in [1.82, 2.24) is 18.7 Å². The monoisotopic (exact) mass is 800 g/mol. The van der Waals surface area contributed by atoms with Gasteiger partial charge < -0.3 is 20.1 Å². The first kappa shape index (κ1) is 38.2. The van der Waals surface area contributed by atoms with Crippen molar-refractivity contribution in [2.24, 2.45) is 0 Å². The van der Waals surface area contributed by atoms with Crippen LogP contribution in [0.15, 0.2) is 96.0 Å². The maximum absolute atomic E-state index is 14.4. The molecular formula is C39H37FN6O8S2. The number of nitrogens with two attached hydrogens (primary N) is 1. The van der Waals surface area contributed by atoms with Gasteiger partial charge >= 0.3 is 0 Å². The first-order chi connectivity index (χ1) is 26.6. The quantitative estimate of drug-likeness (QED) is 0.162. The van der Waals surface area contributed by atoms with Gasteiger partial charge in [-0.1, -0.05) is 29.8 Å². The molecule has 1 aliphatic rings. The fourth-order valence-corrected chi connectivity index (χ4v) is 9.04. The Kier molecular flexibility index (Phi) is 10.2. The highest BCUT2D eigenvalue weighted by atomic mass is 32.2. The molecule has 1 saturated heterocycles. The molecule has 3 N–H and O–H groups in total. The molecule has 1 aliphatic heterocycles. The van der Waals surface area contributed by atoms with Crippen molar-refractivity contribution >= 4 is 54.1 Å². The van der Waals surface area contributed by atoms with Gasteiger partial charge in [-0.15, -0.1) is 0 Å². The number of nitrogen functional groups attached to an aromatic ring is 1. The van der Waals surface area contributed by atoms with Crippen LogP contribution in [-0.4, -0.2) is 79.2 Å². The summed E-state index contributed by atoms with van der Waals surface area (Å²) in [4.78, 5) is 28.5. The van der Waals surface area contributed by atoms with Crippen LogP contribution >= 0.6 is 0 Å². The average Bonchev–Trinajstić information content (AvgIpc) is 3.73. The molecule has 4 aromatic carbocycles. The Labute approximate surface area is 322 Å². The number of benzene rings is 4. The number of morpholine rings is 1. The van der Waals surface area contributed by atoms with Crippen molar-refractivity contribution in [2.75, 3.05) is 42.5 Å². The summed E-state index contributed by atoms with van der Waals surface area (Å²) < 4.78 is 85.2. The Balaban J connectivity index is 1.27. The largest absolute Gasteiger partial charge is 0.454 e. The molecule has 7 rings (SSSR count). The third kappa shape index (κ3) is 7.47. The third-order valence-corrected chi connectivity index (χ3v) is 12.2. The van der Waals surface area contributed by atoms with E-state index in [1.807, 2.05) is 0 Å². The molecule has 2 aromatic heterocycles. The fourth-order valence-electron chi connectivity index (χ4n) is 6.40. The maximum Gasteiger partial charge on any atom is 0.268 e. The van der Waals surface area contributed by atoms with Crippen LogP contribution in [0.5, 0.6) is 11.5 Å². The summed E-state index contributed by atoms with van der Waals surface area (Å²) in [5.74, 6) is -2.42. The van der Waals surface area contributed by atoms with E-state index in [9.17, 15) is 30.8 Å². The lowest BCUT2D eigenvalue weighted by atomic mass is 10.1. The van der Waals surface area contributed by atoms with E-state index in [-0.39, 0.29) is 52.0 Å². The number of amides is 1. The Hall–Kier alpha value is -6.04. The number of anilines is 2. The number of halogens is 1. The van der Waals surface area contributed by atoms with Gasteiger partial charge in [-0.05, 0) is 92.6 Å². The number of carbonyl (C=O) groups is 2. The van der Waals surface area contributed by atoms with E-state index in [0.717, 1.165) is 9.54 Å². The van der Waals surface area contributed by atoms with E-state index < -0.39 is 43.3 Å². The number of fused-ring (bicyclic) bond motifs is 1. The molecule has 14 nitrogen and oxygen atoms in total. The maximum atomic E-state index is 14.4. The predicted molar refractivity (Wildman–Crippen MR) is 208 cm³/mol. The van der Waals surface area contributed by atoms with E-state index >= 15 is 0 Å². The minimum Gasteiger partial charge on any atom is -0.454 e. The number of nitrogens with one attached hydrogen (secondary N) is 1. The zero-order valence-corrected chi connectivity index (χ0v) is 32.2. The number of sulfonamides is 1. The van der Waals surface area contributed by atoms with Crippen molar-refractivity contribution in [1.29, 1.82) is 0 Å². The molecule has 1 amide bonds. The molecule has 290 valence electrons. The number of hydrogen-bond donors (Lipinski definition) is 2. The van der Waals surface area contributed by atoms with Gasteiger partial charge in [0.15, 0.2) is 11.6 Å². The molecule has 0 spiro atoms. The van der Waals surface area contributed by atoms with Gasteiger partial charge in [0.05, 0.1) is 46.8 Å². The number of para-hydroxylation sites is 1. The summed E-state index contributed by atoms with van der Waals surface area (Å²) in [6.07, 6.45) is 1.23. The van der Waals surface area contributed by atoms with Gasteiger partial charge in [-0.25, -0.2) is 29.9 Å². The number of carbonyl (C=O) groups excluding carboxylic acids is 2. The SMILES string of the molecule is Cc1ccc(S(=O)(=O)n2c(C(=O)c3cnn(-c4ccc(Oc5ccccc5F)cc4C)c3N)cc3cc(C)c(NS(=O)(=O)CC(=O)N4CCOCC4)cc32)cc1. The zero-order chi connectivity index (χ0) is 39.9. The minimum absolute atomic E-state index is 0.00369. The lowest BCUT2D eigenvalue weighted by Gasteiger charge is -2.26. The first-order valence-electron chi connectivity index (χ1n) is 17.4. The second-order valence-corrected chi connectivity index (χ2v) is 16.9. The molecule has 3 heterocycles. The Morgan fingerprint density at radius 2 is 1.62 bits per heavy atom. The van der Waals surface area contributed by atoms with Crippen LogP contribution in [0.3, 0.4) is 0 Å². The number of ketones is 1. The standard InChI is InChI=1S/C39H37FN6O8S2/c1-24-8-11-29(12-9-24)56(51,52)46-34-21-32(43-55(49,50)23-37(47)44-14-16-53-17-15-44)25(2)18-27(34)20-35(46)38(48)30-22-42-45(39(30)41)33-13-10-28(19-26(33)3)54-36-7-5-4-6-31(36)40/h4-13,18-22,43H,14-17,23,41H2,1-3H3. The van der Waals surface area contributed by atoms with Gasteiger partial charge in [-0.2, -0.15) is 5.10 Å². The van der Waals surface area contributed by atoms with Gasteiger partial charge in [0, 0.05) is 18.5 Å². The summed E-state index contributed by atoms with van der Waals surface area (Å²) in [6.45, 7) is 6.30. The first-order valence-corrected chi connectivity index (χ1v) is 20.5. The number of aryl methyl sites for hydroxylation is 3. The van der Waals surface area contributed by atoms with Gasteiger partial charge in [0.25, 0.3) is 10.0 Å². The van der Waals surface area contributed by atoms with E-state index in [4.69, 9.17) is 15.2 Å². The molecule has 6 aromatic rings. The topological polar surface area (TPSA) is 185 Å². The summed E-state index contributed by atoms with van der Waals surface area (Å²) in [5.41, 5.74) is 8.51. The van der Waals surface area contributed by atoms with Gasteiger partial charge in [0.2, 0.25) is 21.7 Å². The molecule has 56 heavy (non-hydrogen) atoms. The highest BCUT2D eigenvalue weighted by Crippen LogP contribution is 2.34. The van der Waals surface area contributed by atoms with E-state index in [1.165, 1.54) is 52.2 Å². The molecule has 0 atom stereocenters. The van der Waals surface area contributed by atoms with Gasteiger partial charge in [0.1, 0.15) is 23.0 Å². The van der Waals surface area contributed by atoms with E-state index in [2.05, 4.69) is 9.82 Å². The lowest BCUT2D eigenvalue weighted by molar-refractivity contribution is -0.132. The van der Waals surface area contributed by atoms with Crippen molar-refractivity contribution in [2.45, 2.75) is 25.7 Å². The second kappa shape index (κ2) is 14.9. The minimum atomic E-state index is -4.49. The number of ether oxygens (including phenoxy) is 2. The normalized spacial score (nSPS) is 13.5. The molecule has 17 heteroatoms. The molecule has 0 aliphatic carbocycles. The van der Waals surface area contributed by atoms with Crippen LogP contribution in [-0.2, 0) is 29.6 Å². The fraction of sp³-hybridized carbons (Fsp3) is 0.205. The third-order valence-electron chi connectivity index (χ3n) is 9.35. The number of hydrogen-bond acceptors (Lipinski definition) is 10. The summed E-state index contributed by atoms with van der Waals surface area (Å²) >= 11 is 0.